The summed E-state index contributed by atoms with van der Waals surface area (Å²) in [6.45, 7) is 17.2. The molecule has 0 bridgehead atoms. The average Bonchev–Trinajstić information content (AvgIpc) is 2.92. The number of benzene rings is 4. The number of carbonyl (C=O) groups is 2. The van der Waals surface area contributed by atoms with Crippen molar-refractivity contribution in [3.63, 3.8) is 0 Å². The van der Waals surface area contributed by atoms with Gasteiger partial charge in [0.05, 0.1) is 11.1 Å². The lowest BCUT2D eigenvalue weighted by molar-refractivity contribution is -0.00748. The van der Waals surface area contributed by atoms with Gasteiger partial charge in [0.2, 0.25) is 0 Å². The van der Waals surface area contributed by atoms with Crippen LogP contribution in [0.5, 0.6) is 0 Å². The Morgan fingerprint density at radius 3 is 1.63 bits per heavy atom. The number of hydrogen-bond donors (Lipinski definition) is 2. The SMILES string of the molecule is CC1(C)CC(OC(=O)c2cc(-c3cccc4c(C(=O)OC5CC(C)(C)NC(C)(C)C5)cccc34)cc3ccccc23)CC(C)(C)N1. The summed E-state index contributed by atoms with van der Waals surface area (Å²) >= 11 is 0. The Morgan fingerprint density at radius 2 is 1.04 bits per heavy atom. The number of ether oxygens (including phenoxy) is 2. The summed E-state index contributed by atoms with van der Waals surface area (Å²) in [7, 11) is 0. The zero-order valence-electron chi connectivity index (χ0n) is 28.5. The number of fused-ring (bicyclic) bond motifs is 2. The van der Waals surface area contributed by atoms with E-state index in [0.717, 1.165) is 58.4 Å². The van der Waals surface area contributed by atoms with Crippen LogP contribution in [-0.4, -0.2) is 46.3 Å². The molecule has 6 heteroatoms. The molecule has 2 aliphatic rings. The first-order chi connectivity index (χ1) is 21.5. The zero-order valence-corrected chi connectivity index (χ0v) is 28.5. The standard InChI is InChI=1S/C40H48N2O4/c1-37(2)21-27(22-38(3,4)41-37)45-35(43)33-18-12-16-31-30(15-11-17-32(31)33)26-19-25-13-9-10-14-29(25)34(20-26)36(44)46-28-23-39(5,6)42-40(7,8)24-28/h9-20,27-28,41-42H,21-24H2,1-8H3. The van der Waals surface area contributed by atoms with Crippen LogP contribution in [0, 0.1) is 0 Å². The molecule has 2 fully saturated rings. The van der Waals surface area contributed by atoms with E-state index < -0.39 is 0 Å². The number of carbonyl (C=O) groups excluding carboxylic acids is 2. The molecule has 2 N–H and O–H groups in total. The highest BCUT2D eigenvalue weighted by Crippen LogP contribution is 2.37. The van der Waals surface area contributed by atoms with E-state index in [9.17, 15) is 9.59 Å². The number of esters is 2. The normalized spacial score (nSPS) is 20.8. The predicted molar refractivity (Wildman–Crippen MR) is 186 cm³/mol. The van der Waals surface area contributed by atoms with Crippen molar-refractivity contribution < 1.29 is 19.1 Å². The van der Waals surface area contributed by atoms with Crippen LogP contribution in [0.15, 0.2) is 72.8 Å². The van der Waals surface area contributed by atoms with Gasteiger partial charge in [0.25, 0.3) is 0 Å². The van der Waals surface area contributed by atoms with Crippen molar-refractivity contribution in [3.05, 3.63) is 83.9 Å². The van der Waals surface area contributed by atoms with E-state index in [0.29, 0.717) is 11.1 Å². The molecule has 0 aliphatic carbocycles. The molecule has 0 unspecified atom stereocenters. The third kappa shape index (κ3) is 6.84. The minimum Gasteiger partial charge on any atom is -0.459 e. The molecular formula is C40H48N2O4. The van der Waals surface area contributed by atoms with Gasteiger partial charge in [-0.3, -0.25) is 0 Å². The fourth-order valence-electron chi connectivity index (χ4n) is 8.43. The topological polar surface area (TPSA) is 76.7 Å². The summed E-state index contributed by atoms with van der Waals surface area (Å²) in [5.41, 5.74) is 2.39. The van der Waals surface area contributed by atoms with E-state index in [-0.39, 0.29) is 46.3 Å². The van der Waals surface area contributed by atoms with Gasteiger partial charge < -0.3 is 20.1 Å². The first-order valence-electron chi connectivity index (χ1n) is 16.6. The van der Waals surface area contributed by atoms with E-state index in [2.05, 4.69) is 72.1 Å². The monoisotopic (exact) mass is 620 g/mol. The molecule has 0 aromatic heterocycles. The summed E-state index contributed by atoms with van der Waals surface area (Å²) in [5.74, 6) is -0.620. The second kappa shape index (κ2) is 11.5. The van der Waals surface area contributed by atoms with Crippen LogP contribution >= 0.6 is 0 Å². The third-order valence-electron chi connectivity index (χ3n) is 9.39. The van der Waals surface area contributed by atoms with Crippen molar-refractivity contribution in [3.8, 4) is 11.1 Å². The second-order valence-corrected chi connectivity index (χ2v) is 16.1. The molecule has 6 rings (SSSR count). The van der Waals surface area contributed by atoms with Gasteiger partial charge in [0.15, 0.2) is 0 Å². The Kier molecular flexibility index (Phi) is 8.05. The molecule has 0 saturated carbocycles. The van der Waals surface area contributed by atoms with Gasteiger partial charge in [0.1, 0.15) is 12.2 Å². The summed E-state index contributed by atoms with van der Waals surface area (Å²) in [6, 6.07) is 23.8. The van der Waals surface area contributed by atoms with Crippen LogP contribution in [-0.2, 0) is 9.47 Å². The van der Waals surface area contributed by atoms with Crippen molar-refractivity contribution in [2.75, 3.05) is 0 Å². The van der Waals surface area contributed by atoms with Crippen LogP contribution in [0.1, 0.15) is 102 Å². The highest BCUT2D eigenvalue weighted by Gasteiger charge is 2.41. The highest BCUT2D eigenvalue weighted by atomic mass is 16.5. The number of hydrogen-bond acceptors (Lipinski definition) is 6. The molecule has 2 heterocycles. The van der Waals surface area contributed by atoms with Crippen molar-refractivity contribution in [2.45, 2.75) is 115 Å². The van der Waals surface area contributed by atoms with Crippen molar-refractivity contribution >= 4 is 33.5 Å². The Labute approximate surface area is 273 Å². The van der Waals surface area contributed by atoms with Crippen LogP contribution in [0.3, 0.4) is 0 Å². The minimum absolute atomic E-state index is 0.131. The third-order valence-corrected chi connectivity index (χ3v) is 9.39. The maximum Gasteiger partial charge on any atom is 0.339 e. The molecule has 0 radical (unpaired) electrons. The molecular weight excluding hydrogens is 572 g/mol. The number of rotatable bonds is 5. The number of nitrogens with one attached hydrogen (secondary N) is 2. The molecule has 242 valence electrons. The van der Waals surface area contributed by atoms with E-state index >= 15 is 0 Å². The summed E-state index contributed by atoms with van der Waals surface area (Å²) in [4.78, 5) is 27.6. The van der Waals surface area contributed by atoms with Crippen LogP contribution in [0.4, 0.5) is 0 Å². The van der Waals surface area contributed by atoms with Gasteiger partial charge in [-0.25, -0.2) is 9.59 Å². The van der Waals surface area contributed by atoms with Crippen molar-refractivity contribution in [2.24, 2.45) is 0 Å². The predicted octanol–water partition coefficient (Wildman–Crippen LogP) is 8.59. The Balaban J connectivity index is 1.35. The lowest BCUT2D eigenvalue weighted by atomic mass is 9.81. The van der Waals surface area contributed by atoms with E-state index in [4.69, 9.17) is 9.47 Å². The van der Waals surface area contributed by atoms with Gasteiger partial charge >= 0.3 is 11.9 Å². The van der Waals surface area contributed by atoms with Crippen molar-refractivity contribution in [1.82, 2.24) is 10.6 Å². The first-order valence-corrected chi connectivity index (χ1v) is 16.6. The van der Waals surface area contributed by atoms with Gasteiger partial charge in [-0.2, -0.15) is 0 Å². The Morgan fingerprint density at radius 1 is 0.565 bits per heavy atom. The smallest absolute Gasteiger partial charge is 0.339 e. The summed E-state index contributed by atoms with van der Waals surface area (Å²) < 4.78 is 12.4. The van der Waals surface area contributed by atoms with E-state index in [1.165, 1.54) is 0 Å². The lowest BCUT2D eigenvalue weighted by Gasteiger charge is -2.45. The van der Waals surface area contributed by atoms with Crippen LogP contribution < -0.4 is 10.6 Å². The van der Waals surface area contributed by atoms with Gasteiger partial charge in [-0.05, 0) is 106 Å². The minimum atomic E-state index is -0.311. The second-order valence-electron chi connectivity index (χ2n) is 16.1. The lowest BCUT2D eigenvalue weighted by Crippen LogP contribution is -2.59. The molecule has 0 atom stereocenters. The molecule has 4 aromatic carbocycles. The average molecular weight is 621 g/mol. The Bertz CT molecular complexity index is 1790. The van der Waals surface area contributed by atoms with Crippen LogP contribution in [0.25, 0.3) is 32.7 Å². The van der Waals surface area contributed by atoms with Gasteiger partial charge in [0, 0.05) is 47.8 Å². The highest BCUT2D eigenvalue weighted by molar-refractivity contribution is 6.11. The summed E-state index contributed by atoms with van der Waals surface area (Å²) in [6.07, 6.45) is 2.62. The summed E-state index contributed by atoms with van der Waals surface area (Å²) in [5, 5.41) is 10.9. The van der Waals surface area contributed by atoms with Crippen molar-refractivity contribution in [1.29, 1.82) is 0 Å². The van der Waals surface area contributed by atoms with E-state index in [1.807, 2.05) is 66.7 Å². The maximum atomic E-state index is 13.9. The largest absolute Gasteiger partial charge is 0.459 e. The molecule has 0 spiro atoms. The van der Waals surface area contributed by atoms with Gasteiger partial charge in [-0.15, -0.1) is 0 Å². The number of piperidine rings is 2. The van der Waals surface area contributed by atoms with Gasteiger partial charge in [-0.1, -0.05) is 54.6 Å². The fourth-order valence-corrected chi connectivity index (χ4v) is 8.43. The molecule has 2 saturated heterocycles. The molecule has 2 aliphatic heterocycles. The zero-order chi connectivity index (χ0) is 33.1. The Hall–Kier alpha value is -3.74. The van der Waals surface area contributed by atoms with E-state index in [1.54, 1.807) is 0 Å². The quantitative estimate of drug-likeness (QED) is 0.218. The molecule has 46 heavy (non-hydrogen) atoms. The molecule has 6 nitrogen and oxygen atoms in total. The fraction of sp³-hybridized carbons (Fsp3) is 0.450. The first kappa shape index (κ1) is 32.2. The molecule has 0 amide bonds. The molecule has 4 aromatic rings. The van der Waals surface area contributed by atoms with Crippen LogP contribution in [0.2, 0.25) is 0 Å². The maximum absolute atomic E-state index is 13.9.